The van der Waals surface area contributed by atoms with Crippen molar-refractivity contribution >= 4 is 22.9 Å². The van der Waals surface area contributed by atoms with Crippen LogP contribution in [0.2, 0.25) is 5.02 Å². The zero-order chi connectivity index (χ0) is 15.2. The first-order chi connectivity index (χ1) is 10.1. The summed E-state index contributed by atoms with van der Waals surface area (Å²) in [7, 11) is 0. The Morgan fingerprint density at radius 1 is 1.24 bits per heavy atom. The number of nitrogens with one attached hydrogen (secondary N) is 1. The van der Waals surface area contributed by atoms with Crippen molar-refractivity contribution < 1.29 is 4.74 Å². The first-order valence-corrected chi connectivity index (χ1v) is 8.47. The fraction of sp³-hybridized carbons (Fsp3) is 0.412. The molecule has 0 fully saturated rings. The molecular formula is C17H22ClNOS. The molecule has 2 nitrogen and oxygen atoms in total. The Morgan fingerprint density at radius 3 is 2.81 bits per heavy atom. The molecular weight excluding hydrogens is 302 g/mol. The number of benzene rings is 1. The van der Waals surface area contributed by atoms with Crippen molar-refractivity contribution in [3.8, 4) is 5.75 Å². The predicted octanol–water partition coefficient (Wildman–Crippen LogP) is 5.10. The van der Waals surface area contributed by atoms with Crippen LogP contribution in [-0.2, 0) is 13.2 Å². The molecule has 1 aromatic heterocycles. The summed E-state index contributed by atoms with van der Waals surface area (Å²) >= 11 is 7.86. The summed E-state index contributed by atoms with van der Waals surface area (Å²) in [4.78, 5) is 2.69. The van der Waals surface area contributed by atoms with Gasteiger partial charge < -0.3 is 10.1 Å². The van der Waals surface area contributed by atoms with Gasteiger partial charge in [-0.25, -0.2) is 0 Å². The third kappa shape index (κ3) is 4.73. The van der Waals surface area contributed by atoms with Crippen LogP contribution in [0.4, 0.5) is 0 Å². The highest BCUT2D eigenvalue weighted by atomic mass is 35.5. The summed E-state index contributed by atoms with van der Waals surface area (Å²) in [6.07, 6.45) is 1.16. The number of rotatable bonds is 7. The van der Waals surface area contributed by atoms with E-state index in [0.29, 0.717) is 11.6 Å². The molecule has 0 amide bonds. The molecule has 0 saturated heterocycles. The van der Waals surface area contributed by atoms with Gasteiger partial charge in [-0.3, -0.25) is 0 Å². The Labute approximate surface area is 136 Å². The van der Waals surface area contributed by atoms with Gasteiger partial charge in [0.1, 0.15) is 12.4 Å². The second kappa shape index (κ2) is 7.83. The van der Waals surface area contributed by atoms with E-state index in [1.54, 1.807) is 0 Å². The predicted molar refractivity (Wildman–Crippen MR) is 91.6 cm³/mol. The zero-order valence-electron chi connectivity index (χ0n) is 12.8. The first-order valence-electron chi connectivity index (χ1n) is 7.28. The Bertz CT molecular complexity index is 594. The second-order valence-electron chi connectivity index (χ2n) is 5.17. The molecule has 1 aromatic carbocycles. The van der Waals surface area contributed by atoms with Crippen LogP contribution in [-0.4, -0.2) is 6.54 Å². The van der Waals surface area contributed by atoms with Crippen LogP contribution in [0.25, 0.3) is 0 Å². The van der Waals surface area contributed by atoms with Crippen LogP contribution in [0.5, 0.6) is 5.75 Å². The third-order valence-electron chi connectivity index (χ3n) is 3.33. The van der Waals surface area contributed by atoms with E-state index in [-0.39, 0.29) is 0 Å². The molecule has 0 saturated carbocycles. The average molecular weight is 324 g/mol. The van der Waals surface area contributed by atoms with Crippen LogP contribution in [0, 0.1) is 13.8 Å². The van der Waals surface area contributed by atoms with Gasteiger partial charge in [0, 0.05) is 26.9 Å². The highest BCUT2D eigenvalue weighted by molar-refractivity contribution is 7.12. The summed E-state index contributed by atoms with van der Waals surface area (Å²) in [5, 5.41) is 4.14. The van der Waals surface area contributed by atoms with E-state index in [0.717, 1.165) is 30.8 Å². The molecule has 2 rings (SSSR count). The quantitative estimate of drug-likeness (QED) is 0.716. The van der Waals surface area contributed by atoms with E-state index in [2.05, 4.69) is 25.2 Å². The summed E-state index contributed by atoms with van der Waals surface area (Å²) in [5.41, 5.74) is 2.37. The van der Waals surface area contributed by atoms with Gasteiger partial charge in [-0.2, -0.15) is 0 Å². The van der Waals surface area contributed by atoms with Crippen molar-refractivity contribution in [3.63, 3.8) is 0 Å². The first kappa shape index (κ1) is 16.3. The minimum Gasteiger partial charge on any atom is -0.489 e. The van der Waals surface area contributed by atoms with Crippen molar-refractivity contribution in [3.05, 3.63) is 50.2 Å². The maximum absolute atomic E-state index is 6.02. The number of aryl methyl sites for hydroxylation is 2. The molecule has 0 unspecified atom stereocenters. The van der Waals surface area contributed by atoms with Gasteiger partial charge in [0.25, 0.3) is 0 Å². The van der Waals surface area contributed by atoms with Crippen molar-refractivity contribution in [1.82, 2.24) is 5.32 Å². The Balaban J connectivity index is 1.98. The SMILES string of the molecule is CCCNCc1cc(COc2cc(Cl)ccc2C)c(C)s1. The van der Waals surface area contributed by atoms with Crippen molar-refractivity contribution in [1.29, 1.82) is 0 Å². The normalized spacial score (nSPS) is 10.9. The Hall–Kier alpha value is -1.03. The summed E-state index contributed by atoms with van der Waals surface area (Å²) in [6, 6.07) is 7.99. The topological polar surface area (TPSA) is 21.3 Å². The van der Waals surface area contributed by atoms with Crippen molar-refractivity contribution in [2.45, 2.75) is 40.3 Å². The van der Waals surface area contributed by atoms with E-state index in [1.165, 1.54) is 15.3 Å². The average Bonchev–Trinajstić information content (AvgIpc) is 2.80. The maximum Gasteiger partial charge on any atom is 0.124 e. The smallest absolute Gasteiger partial charge is 0.124 e. The maximum atomic E-state index is 6.02. The van der Waals surface area contributed by atoms with E-state index < -0.39 is 0 Å². The summed E-state index contributed by atoms with van der Waals surface area (Å²) in [6.45, 7) is 8.96. The lowest BCUT2D eigenvalue weighted by Gasteiger charge is -2.09. The van der Waals surface area contributed by atoms with E-state index in [9.17, 15) is 0 Å². The molecule has 0 bridgehead atoms. The van der Waals surface area contributed by atoms with Gasteiger partial charge in [-0.05, 0) is 50.6 Å². The molecule has 0 spiro atoms. The monoisotopic (exact) mass is 323 g/mol. The zero-order valence-corrected chi connectivity index (χ0v) is 14.4. The molecule has 0 radical (unpaired) electrons. The number of halogens is 1. The van der Waals surface area contributed by atoms with Crippen LogP contribution in [0.1, 0.15) is 34.2 Å². The molecule has 1 heterocycles. The van der Waals surface area contributed by atoms with Crippen LogP contribution < -0.4 is 10.1 Å². The van der Waals surface area contributed by atoms with Gasteiger partial charge in [0.2, 0.25) is 0 Å². The van der Waals surface area contributed by atoms with Gasteiger partial charge >= 0.3 is 0 Å². The molecule has 21 heavy (non-hydrogen) atoms. The molecule has 0 aliphatic heterocycles. The fourth-order valence-corrected chi connectivity index (χ4v) is 3.27. The minimum absolute atomic E-state index is 0.595. The Morgan fingerprint density at radius 2 is 2.05 bits per heavy atom. The minimum atomic E-state index is 0.595. The van der Waals surface area contributed by atoms with Gasteiger partial charge in [0.05, 0.1) is 0 Å². The fourth-order valence-electron chi connectivity index (χ4n) is 2.09. The van der Waals surface area contributed by atoms with E-state index in [4.69, 9.17) is 16.3 Å². The van der Waals surface area contributed by atoms with E-state index >= 15 is 0 Å². The highest BCUT2D eigenvalue weighted by Gasteiger charge is 2.07. The number of hydrogen-bond donors (Lipinski definition) is 1. The lowest BCUT2D eigenvalue weighted by Crippen LogP contribution is -2.12. The van der Waals surface area contributed by atoms with Gasteiger partial charge in [-0.15, -0.1) is 11.3 Å². The standard InChI is InChI=1S/C17H22ClNOS/c1-4-7-19-10-16-8-14(13(3)21-16)11-20-17-9-15(18)6-5-12(17)2/h5-6,8-9,19H,4,7,10-11H2,1-3H3. The van der Waals surface area contributed by atoms with Crippen molar-refractivity contribution in [2.75, 3.05) is 6.54 Å². The molecule has 0 atom stereocenters. The lowest BCUT2D eigenvalue weighted by atomic mass is 10.2. The molecule has 0 aliphatic rings. The van der Waals surface area contributed by atoms with Crippen molar-refractivity contribution in [2.24, 2.45) is 0 Å². The van der Waals surface area contributed by atoms with E-state index in [1.807, 2.05) is 36.5 Å². The van der Waals surface area contributed by atoms with Gasteiger partial charge in [-0.1, -0.05) is 24.6 Å². The molecule has 0 aliphatic carbocycles. The number of ether oxygens (including phenoxy) is 1. The van der Waals surface area contributed by atoms with Crippen LogP contribution in [0.3, 0.4) is 0 Å². The summed E-state index contributed by atoms with van der Waals surface area (Å²) in [5.74, 6) is 0.860. The molecule has 2 aromatic rings. The molecule has 4 heteroatoms. The molecule has 114 valence electrons. The largest absolute Gasteiger partial charge is 0.489 e. The lowest BCUT2D eigenvalue weighted by molar-refractivity contribution is 0.304. The number of thiophene rings is 1. The summed E-state index contributed by atoms with van der Waals surface area (Å²) < 4.78 is 5.93. The number of hydrogen-bond acceptors (Lipinski definition) is 3. The third-order valence-corrected chi connectivity index (χ3v) is 4.66. The van der Waals surface area contributed by atoms with Gasteiger partial charge in [0.15, 0.2) is 0 Å². The Kier molecular flexibility index (Phi) is 6.09. The second-order valence-corrected chi connectivity index (χ2v) is 6.95. The highest BCUT2D eigenvalue weighted by Crippen LogP contribution is 2.26. The molecule has 1 N–H and O–H groups in total. The van der Waals surface area contributed by atoms with Crippen LogP contribution >= 0.6 is 22.9 Å². The van der Waals surface area contributed by atoms with Crippen LogP contribution in [0.15, 0.2) is 24.3 Å².